The molecule has 0 amide bonds. The van der Waals surface area contributed by atoms with Gasteiger partial charge in [-0.3, -0.25) is 4.68 Å². The number of hydrogen-bond donors (Lipinski definition) is 1. The zero-order chi connectivity index (χ0) is 14.5. The molecule has 19 heavy (non-hydrogen) atoms. The Kier molecular flexibility index (Phi) is 5.94. The topological polar surface area (TPSA) is 46.0 Å². The fourth-order valence-corrected chi connectivity index (χ4v) is 3.08. The molecule has 1 N–H and O–H groups in total. The Labute approximate surface area is 117 Å². The minimum atomic E-state index is 0.160. The van der Waals surface area contributed by atoms with Crippen molar-refractivity contribution in [3.05, 3.63) is 11.9 Å². The van der Waals surface area contributed by atoms with Crippen LogP contribution >= 0.6 is 0 Å². The molecule has 0 aromatic carbocycles. The van der Waals surface area contributed by atoms with Gasteiger partial charge in [-0.15, -0.1) is 5.10 Å². The van der Waals surface area contributed by atoms with Crippen molar-refractivity contribution in [2.45, 2.75) is 51.6 Å². The lowest BCUT2D eigenvalue weighted by atomic mass is 9.81. The van der Waals surface area contributed by atoms with Gasteiger partial charge in [-0.05, 0) is 33.5 Å². The third-order valence-electron chi connectivity index (χ3n) is 4.28. The molecule has 0 aliphatic rings. The van der Waals surface area contributed by atoms with Crippen LogP contribution < -0.4 is 5.32 Å². The first-order valence-electron chi connectivity index (χ1n) is 7.26. The zero-order valence-electron chi connectivity index (χ0n) is 13.3. The molecule has 0 fully saturated rings. The van der Waals surface area contributed by atoms with Crippen molar-refractivity contribution in [3.63, 3.8) is 0 Å². The summed E-state index contributed by atoms with van der Waals surface area (Å²) >= 11 is 0. The molecular formula is C14H29N5. The van der Waals surface area contributed by atoms with E-state index in [1.165, 1.54) is 0 Å². The van der Waals surface area contributed by atoms with Gasteiger partial charge < -0.3 is 10.2 Å². The molecule has 1 unspecified atom stereocenters. The Morgan fingerprint density at radius 2 is 1.95 bits per heavy atom. The minimum absolute atomic E-state index is 0.160. The van der Waals surface area contributed by atoms with Crippen LogP contribution in [0.15, 0.2) is 6.20 Å². The highest BCUT2D eigenvalue weighted by Crippen LogP contribution is 2.27. The summed E-state index contributed by atoms with van der Waals surface area (Å²) in [7, 11) is 6.26. The number of hydrogen-bond acceptors (Lipinski definition) is 4. The molecular weight excluding hydrogens is 238 g/mol. The van der Waals surface area contributed by atoms with Crippen molar-refractivity contribution in [1.29, 1.82) is 0 Å². The summed E-state index contributed by atoms with van der Waals surface area (Å²) in [5, 5.41) is 11.9. The van der Waals surface area contributed by atoms with Crippen LogP contribution in [0.3, 0.4) is 0 Å². The van der Waals surface area contributed by atoms with E-state index in [1.54, 1.807) is 4.68 Å². The van der Waals surface area contributed by atoms with Gasteiger partial charge in [-0.25, -0.2) is 0 Å². The van der Waals surface area contributed by atoms with Crippen LogP contribution in [-0.2, 0) is 13.5 Å². The van der Waals surface area contributed by atoms with E-state index in [1.807, 2.05) is 13.2 Å². The fraction of sp³-hybridized carbons (Fsp3) is 0.857. The van der Waals surface area contributed by atoms with Crippen LogP contribution in [0.4, 0.5) is 0 Å². The van der Waals surface area contributed by atoms with Crippen molar-refractivity contribution in [1.82, 2.24) is 25.2 Å². The third kappa shape index (κ3) is 3.54. The maximum Gasteiger partial charge on any atom is 0.0843 e. The molecule has 1 aromatic heterocycles. The molecule has 1 aromatic rings. The van der Waals surface area contributed by atoms with Crippen LogP contribution in [0.1, 0.15) is 39.3 Å². The van der Waals surface area contributed by atoms with E-state index >= 15 is 0 Å². The van der Waals surface area contributed by atoms with E-state index in [2.05, 4.69) is 55.4 Å². The molecule has 0 aliphatic carbocycles. The van der Waals surface area contributed by atoms with Gasteiger partial charge in [-0.2, -0.15) is 0 Å². The number of nitrogens with zero attached hydrogens (tertiary/aromatic N) is 4. The van der Waals surface area contributed by atoms with Gasteiger partial charge in [0.2, 0.25) is 0 Å². The summed E-state index contributed by atoms with van der Waals surface area (Å²) in [5.41, 5.74) is 1.22. The Morgan fingerprint density at radius 1 is 1.32 bits per heavy atom. The molecule has 1 heterocycles. The maximum absolute atomic E-state index is 4.23. The second-order valence-electron chi connectivity index (χ2n) is 5.40. The van der Waals surface area contributed by atoms with Gasteiger partial charge >= 0.3 is 0 Å². The first-order chi connectivity index (χ1) is 9.00. The van der Waals surface area contributed by atoms with Crippen LogP contribution in [-0.4, -0.2) is 52.1 Å². The second kappa shape index (κ2) is 7.01. The van der Waals surface area contributed by atoms with E-state index < -0.39 is 0 Å². The summed E-state index contributed by atoms with van der Waals surface area (Å²) in [6, 6.07) is 0.388. The fourth-order valence-electron chi connectivity index (χ4n) is 3.08. The predicted molar refractivity (Wildman–Crippen MR) is 79.2 cm³/mol. The number of aromatic nitrogens is 3. The quantitative estimate of drug-likeness (QED) is 0.774. The third-order valence-corrected chi connectivity index (χ3v) is 4.28. The van der Waals surface area contributed by atoms with Crippen molar-refractivity contribution in [2.24, 2.45) is 7.05 Å². The van der Waals surface area contributed by atoms with Crippen molar-refractivity contribution in [2.75, 3.05) is 20.6 Å². The Morgan fingerprint density at radius 3 is 2.32 bits per heavy atom. The van der Waals surface area contributed by atoms with Gasteiger partial charge in [0.25, 0.3) is 0 Å². The molecule has 0 spiro atoms. The van der Waals surface area contributed by atoms with Crippen LogP contribution in [0.25, 0.3) is 0 Å². The largest absolute Gasteiger partial charge is 0.312 e. The van der Waals surface area contributed by atoms with E-state index in [9.17, 15) is 0 Å². The highest BCUT2D eigenvalue weighted by Gasteiger charge is 2.37. The van der Waals surface area contributed by atoms with Crippen LogP contribution in [0.2, 0.25) is 0 Å². The lowest BCUT2D eigenvalue weighted by Crippen LogP contribution is -2.59. The molecule has 5 heteroatoms. The number of rotatable bonds is 8. The maximum atomic E-state index is 4.23. The molecule has 0 saturated heterocycles. The average Bonchev–Trinajstić information content (AvgIpc) is 2.77. The average molecular weight is 267 g/mol. The highest BCUT2D eigenvalue weighted by molar-refractivity contribution is 5.05. The second-order valence-corrected chi connectivity index (χ2v) is 5.40. The lowest BCUT2D eigenvalue weighted by molar-refractivity contribution is 0.0885. The predicted octanol–water partition coefficient (Wildman–Crippen LogP) is 1.46. The van der Waals surface area contributed by atoms with Gasteiger partial charge in [-0.1, -0.05) is 26.0 Å². The van der Waals surface area contributed by atoms with E-state index in [0.29, 0.717) is 6.04 Å². The van der Waals surface area contributed by atoms with E-state index in [4.69, 9.17) is 0 Å². The standard InChI is InChI=1S/C14H29N5/c1-7-14(8-2,18(4)5)13(15-9-3)10-12-11-19(6)17-16-12/h11,13,15H,7-10H2,1-6H3. The molecule has 1 rings (SSSR count). The number of likely N-dealkylation sites (N-methyl/N-ethyl adjacent to an activating group) is 2. The molecule has 0 aliphatic heterocycles. The van der Waals surface area contributed by atoms with Crippen molar-refractivity contribution in [3.8, 4) is 0 Å². The van der Waals surface area contributed by atoms with Crippen molar-refractivity contribution >= 4 is 0 Å². The van der Waals surface area contributed by atoms with E-state index in [0.717, 1.165) is 31.5 Å². The molecule has 0 bridgehead atoms. The molecule has 1 atom stereocenters. The number of nitrogens with one attached hydrogen (secondary N) is 1. The monoisotopic (exact) mass is 267 g/mol. The van der Waals surface area contributed by atoms with Crippen LogP contribution in [0.5, 0.6) is 0 Å². The minimum Gasteiger partial charge on any atom is -0.312 e. The molecule has 110 valence electrons. The Bertz CT molecular complexity index is 368. The van der Waals surface area contributed by atoms with Gasteiger partial charge in [0, 0.05) is 31.2 Å². The molecule has 5 nitrogen and oxygen atoms in total. The SMILES string of the molecule is CCNC(Cc1cn(C)nn1)C(CC)(CC)N(C)C. The smallest absolute Gasteiger partial charge is 0.0843 e. The normalized spacial score (nSPS) is 14.1. The first kappa shape index (κ1) is 16.1. The van der Waals surface area contributed by atoms with Gasteiger partial charge in [0.15, 0.2) is 0 Å². The summed E-state index contributed by atoms with van der Waals surface area (Å²) in [5.74, 6) is 0. The van der Waals surface area contributed by atoms with Crippen LogP contribution in [0, 0.1) is 0 Å². The highest BCUT2D eigenvalue weighted by atomic mass is 15.4. The summed E-state index contributed by atoms with van der Waals surface area (Å²) < 4.78 is 1.77. The van der Waals surface area contributed by atoms with E-state index in [-0.39, 0.29) is 5.54 Å². The molecule has 0 saturated carbocycles. The zero-order valence-corrected chi connectivity index (χ0v) is 13.3. The van der Waals surface area contributed by atoms with Gasteiger partial charge in [0.1, 0.15) is 0 Å². The Hall–Kier alpha value is -0.940. The lowest BCUT2D eigenvalue weighted by Gasteiger charge is -2.45. The summed E-state index contributed by atoms with van der Waals surface area (Å²) in [4.78, 5) is 2.36. The van der Waals surface area contributed by atoms with Crippen molar-refractivity contribution < 1.29 is 0 Å². The molecule has 0 radical (unpaired) electrons. The van der Waals surface area contributed by atoms with Gasteiger partial charge in [0.05, 0.1) is 5.69 Å². The summed E-state index contributed by atoms with van der Waals surface area (Å²) in [6.07, 6.45) is 5.17. The first-order valence-corrected chi connectivity index (χ1v) is 7.26. The Balaban J connectivity index is 2.96. The number of aryl methyl sites for hydroxylation is 1. The summed E-state index contributed by atoms with van der Waals surface area (Å²) in [6.45, 7) is 7.67.